The van der Waals surface area contributed by atoms with Gasteiger partial charge < -0.3 is 14.1 Å². The highest BCUT2D eigenvalue weighted by Crippen LogP contribution is 2.29. The van der Waals surface area contributed by atoms with Crippen LogP contribution in [0.15, 0.2) is 47.0 Å². The predicted octanol–water partition coefficient (Wildman–Crippen LogP) is 1.71. The van der Waals surface area contributed by atoms with Gasteiger partial charge in [-0.3, -0.25) is 0 Å². The molecule has 0 aliphatic rings. The first-order valence-electron chi connectivity index (χ1n) is 5.51. The monoisotopic (exact) mass is 260 g/mol. The Bertz CT molecular complexity index is 688. The number of imidazole rings is 2. The fourth-order valence-corrected chi connectivity index (χ4v) is 2.70. The molecule has 0 saturated carbocycles. The molecule has 5 nitrogen and oxygen atoms in total. The van der Waals surface area contributed by atoms with Crippen LogP contribution < -0.4 is 0 Å². The maximum Gasteiger partial charge on any atom is 0.174 e. The Labute approximate surface area is 108 Å². The highest BCUT2D eigenvalue weighted by atomic mass is 32.2. The van der Waals surface area contributed by atoms with Gasteiger partial charge in [0, 0.05) is 25.6 Å². The van der Waals surface area contributed by atoms with Gasteiger partial charge in [0.25, 0.3) is 0 Å². The van der Waals surface area contributed by atoms with Crippen molar-refractivity contribution in [2.75, 3.05) is 0 Å². The van der Waals surface area contributed by atoms with Crippen molar-refractivity contribution in [3.05, 3.63) is 42.5 Å². The SMILES string of the molecule is Cn1ccnc1Sc1nc2ccccn2c1CO. The first-order chi connectivity index (χ1) is 8.79. The topological polar surface area (TPSA) is 55.4 Å². The molecule has 0 aliphatic heterocycles. The summed E-state index contributed by atoms with van der Waals surface area (Å²) >= 11 is 1.46. The largest absolute Gasteiger partial charge is 0.390 e. The van der Waals surface area contributed by atoms with Gasteiger partial charge in [0.1, 0.15) is 10.7 Å². The van der Waals surface area contributed by atoms with Crippen LogP contribution in [0, 0.1) is 0 Å². The minimum atomic E-state index is -0.0437. The average molecular weight is 260 g/mol. The summed E-state index contributed by atoms with van der Waals surface area (Å²) < 4.78 is 3.82. The number of fused-ring (bicyclic) bond motifs is 1. The summed E-state index contributed by atoms with van der Waals surface area (Å²) in [4.78, 5) is 8.76. The maximum absolute atomic E-state index is 9.50. The van der Waals surface area contributed by atoms with Crippen LogP contribution in [0.25, 0.3) is 5.65 Å². The van der Waals surface area contributed by atoms with E-state index in [2.05, 4.69) is 9.97 Å². The van der Waals surface area contributed by atoms with Gasteiger partial charge in [-0.25, -0.2) is 9.97 Å². The standard InChI is InChI=1S/C12H12N4OS/c1-15-7-5-13-12(15)18-11-9(8-17)16-6-3-2-4-10(16)14-11/h2-7,17H,8H2,1H3. The zero-order valence-electron chi connectivity index (χ0n) is 9.82. The van der Waals surface area contributed by atoms with E-state index < -0.39 is 0 Å². The number of aromatic nitrogens is 4. The van der Waals surface area contributed by atoms with Crippen molar-refractivity contribution < 1.29 is 5.11 Å². The number of hydrogen-bond donors (Lipinski definition) is 1. The van der Waals surface area contributed by atoms with Crippen LogP contribution in [0.5, 0.6) is 0 Å². The molecule has 18 heavy (non-hydrogen) atoms. The molecule has 6 heteroatoms. The second-order valence-electron chi connectivity index (χ2n) is 3.87. The van der Waals surface area contributed by atoms with Crippen LogP contribution in [0.2, 0.25) is 0 Å². The van der Waals surface area contributed by atoms with Crippen LogP contribution >= 0.6 is 11.8 Å². The fraction of sp³-hybridized carbons (Fsp3) is 0.167. The number of aliphatic hydroxyl groups excluding tert-OH is 1. The molecule has 0 unspecified atom stereocenters. The molecule has 0 aromatic carbocycles. The quantitative estimate of drug-likeness (QED) is 0.779. The van der Waals surface area contributed by atoms with Crippen LogP contribution in [-0.2, 0) is 13.7 Å². The molecular formula is C12H12N4OS. The van der Waals surface area contributed by atoms with Crippen molar-refractivity contribution in [2.24, 2.45) is 7.05 Å². The summed E-state index contributed by atoms with van der Waals surface area (Å²) in [5, 5.41) is 11.1. The van der Waals surface area contributed by atoms with Crippen molar-refractivity contribution in [1.82, 2.24) is 18.9 Å². The molecule has 0 fully saturated rings. The molecule has 0 amide bonds. The van der Waals surface area contributed by atoms with E-state index in [9.17, 15) is 5.11 Å². The highest BCUT2D eigenvalue weighted by molar-refractivity contribution is 7.99. The van der Waals surface area contributed by atoms with Crippen LogP contribution in [-0.4, -0.2) is 24.0 Å². The second-order valence-corrected chi connectivity index (χ2v) is 4.83. The molecule has 3 heterocycles. The summed E-state index contributed by atoms with van der Waals surface area (Å²) in [7, 11) is 1.93. The minimum Gasteiger partial charge on any atom is -0.390 e. The van der Waals surface area contributed by atoms with Gasteiger partial charge in [-0.15, -0.1) is 0 Å². The summed E-state index contributed by atoms with van der Waals surface area (Å²) in [6.45, 7) is -0.0437. The summed E-state index contributed by atoms with van der Waals surface area (Å²) in [5.74, 6) is 0. The highest BCUT2D eigenvalue weighted by Gasteiger charge is 2.14. The Balaban J connectivity index is 2.09. The number of aryl methyl sites for hydroxylation is 1. The average Bonchev–Trinajstić information content (AvgIpc) is 2.93. The van der Waals surface area contributed by atoms with E-state index in [4.69, 9.17) is 0 Å². The Morgan fingerprint density at radius 2 is 2.22 bits per heavy atom. The molecular weight excluding hydrogens is 248 g/mol. The molecule has 3 aromatic heterocycles. The number of hydrogen-bond acceptors (Lipinski definition) is 4. The van der Waals surface area contributed by atoms with Crippen LogP contribution in [0.4, 0.5) is 0 Å². The molecule has 0 aliphatic carbocycles. The molecule has 0 bridgehead atoms. The van der Waals surface area contributed by atoms with E-state index >= 15 is 0 Å². The molecule has 1 N–H and O–H groups in total. The Morgan fingerprint density at radius 3 is 2.94 bits per heavy atom. The lowest BCUT2D eigenvalue weighted by Crippen LogP contribution is -1.94. The molecule has 0 saturated heterocycles. The van der Waals surface area contributed by atoms with Gasteiger partial charge in [0.2, 0.25) is 0 Å². The summed E-state index contributed by atoms with van der Waals surface area (Å²) in [5.41, 5.74) is 1.62. The van der Waals surface area contributed by atoms with Gasteiger partial charge in [-0.2, -0.15) is 0 Å². The van der Waals surface area contributed by atoms with E-state index in [-0.39, 0.29) is 6.61 Å². The second kappa shape index (κ2) is 4.47. The number of aliphatic hydroxyl groups is 1. The van der Waals surface area contributed by atoms with Gasteiger partial charge in [0.05, 0.1) is 12.3 Å². The van der Waals surface area contributed by atoms with Crippen molar-refractivity contribution in [3.8, 4) is 0 Å². The minimum absolute atomic E-state index is 0.0437. The fourth-order valence-electron chi connectivity index (χ4n) is 1.79. The third-order valence-electron chi connectivity index (χ3n) is 2.71. The molecule has 92 valence electrons. The van der Waals surface area contributed by atoms with E-state index in [0.29, 0.717) is 0 Å². The van der Waals surface area contributed by atoms with E-state index in [1.54, 1.807) is 6.20 Å². The number of rotatable bonds is 3. The molecule has 0 spiro atoms. The van der Waals surface area contributed by atoms with E-state index in [0.717, 1.165) is 21.5 Å². The first-order valence-corrected chi connectivity index (χ1v) is 6.33. The van der Waals surface area contributed by atoms with Gasteiger partial charge >= 0.3 is 0 Å². The van der Waals surface area contributed by atoms with Crippen LogP contribution in [0.1, 0.15) is 5.69 Å². The summed E-state index contributed by atoms with van der Waals surface area (Å²) in [6, 6.07) is 5.77. The molecule has 0 radical (unpaired) electrons. The van der Waals surface area contributed by atoms with Gasteiger partial charge in [0.15, 0.2) is 5.16 Å². The van der Waals surface area contributed by atoms with Crippen LogP contribution in [0.3, 0.4) is 0 Å². The van der Waals surface area contributed by atoms with E-state index in [1.165, 1.54) is 11.8 Å². The third kappa shape index (κ3) is 1.79. The smallest absolute Gasteiger partial charge is 0.174 e. The van der Waals surface area contributed by atoms with Gasteiger partial charge in [-0.1, -0.05) is 6.07 Å². The Hall–Kier alpha value is -1.79. The number of pyridine rings is 1. The molecule has 3 rings (SSSR count). The maximum atomic E-state index is 9.50. The molecule has 0 atom stereocenters. The normalized spacial score (nSPS) is 11.2. The van der Waals surface area contributed by atoms with Gasteiger partial charge in [-0.05, 0) is 23.9 Å². The van der Waals surface area contributed by atoms with Crippen molar-refractivity contribution in [1.29, 1.82) is 0 Å². The molecule has 3 aromatic rings. The lowest BCUT2D eigenvalue weighted by molar-refractivity contribution is 0.272. The summed E-state index contributed by atoms with van der Waals surface area (Å²) in [6.07, 6.45) is 5.53. The van der Waals surface area contributed by atoms with Crippen molar-refractivity contribution in [2.45, 2.75) is 16.8 Å². The predicted molar refractivity (Wildman–Crippen MR) is 68.4 cm³/mol. The zero-order chi connectivity index (χ0) is 12.5. The Morgan fingerprint density at radius 1 is 1.33 bits per heavy atom. The third-order valence-corrected chi connectivity index (χ3v) is 3.80. The Kier molecular flexibility index (Phi) is 2.81. The number of nitrogens with zero attached hydrogens (tertiary/aromatic N) is 4. The lowest BCUT2D eigenvalue weighted by Gasteiger charge is -2.01. The van der Waals surface area contributed by atoms with Crippen molar-refractivity contribution >= 4 is 17.4 Å². The van der Waals surface area contributed by atoms with E-state index in [1.807, 2.05) is 46.6 Å². The van der Waals surface area contributed by atoms with Crippen molar-refractivity contribution in [3.63, 3.8) is 0 Å². The zero-order valence-corrected chi connectivity index (χ0v) is 10.6. The first kappa shape index (κ1) is 11.3. The lowest BCUT2D eigenvalue weighted by atomic mass is 10.4.